The highest BCUT2D eigenvalue weighted by atomic mass is 32.2. The second-order valence-corrected chi connectivity index (χ2v) is 8.66. The van der Waals surface area contributed by atoms with Gasteiger partial charge in [-0.1, -0.05) is 0 Å². The van der Waals surface area contributed by atoms with Gasteiger partial charge in [0.05, 0.1) is 10.5 Å². The van der Waals surface area contributed by atoms with Crippen LogP contribution in [-0.4, -0.2) is 56.3 Å². The van der Waals surface area contributed by atoms with E-state index in [1.165, 1.54) is 16.4 Å². The summed E-state index contributed by atoms with van der Waals surface area (Å²) in [6, 6.07) is 3.58. The summed E-state index contributed by atoms with van der Waals surface area (Å²) in [6.45, 7) is 2.57. The van der Waals surface area contributed by atoms with E-state index < -0.39 is 15.8 Å². The third-order valence-electron chi connectivity index (χ3n) is 5.11. The maximum Gasteiger partial charge on any atom is 0.256 e. The van der Waals surface area contributed by atoms with Crippen molar-refractivity contribution in [3.8, 4) is 0 Å². The molecule has 2 aliphatic heterocycles. The summed E-state index contributed by atoms with van der Waals surface area (Å²) >= 11 is 0. The summed E-state index contributed by atoms with van der Waals surface area (Å²) in [5.41, 5.74) is 5.56. The van der Waals surface area contributed by atoms with Crippen LogP contribution >= 0.6 is 0 Å². The van der Waals surface area contributed by atoms with Crippen LogP contribution < -0.4 is 5.73 Å². The number of nitrogens with zero attached hydrogens (tertiary/aromatic N) is 2. The number of amides is 1. The molecule has 1 aromatic carbocycles. The fourth-order valence-electron chi connectivity index (χ4n) is 3.45. The second kappa shape index (κ2) is 7.39. The van der Waals surface area contributed by atoms with Gasteiger partial charge in [0.1, 0.15) is 5.82 Å². The van der Waals surface area contributed by atoms with Crippen molar-refractivity contribution in [2.45, 2.75) is 30.6 Å². The maximum atomic E-state index is 14.4. The summed E-state index contributed by atoms with van der Waals surface area (Å²) in [7, 11) is -3.75. The summed E-state index contributed by atoms with van der Waals surface area (Å²) in [4.78, 5) is 13.8. The molecule has 25 heavy (non-hydrogen) atoms. The van der Waals surface area contributed by atoms with Crippen LogP contribution in [-0.2, 0) is 10.0 Å². The molecule has 1 amide bonds. The molecule has 2 saturated heterocycles. The lowest BCUT2D eigenvalue weighted by atomic mass is 9.99. The lowest BCUT2D eigenvalue weighted by Gasteiger charge is -2.30. The summed E-state index contributed by atoms with van der Waals surface area (Å²) in [5, 5.41) is 0. The second-order valence-electron chi connectivity index (χ2n) is 6.72. The first-order valence-corrected chi connectivity index (χ1v) is 10.2. The van der Waals surface area contributed by atoms with Crippen molar-refractivity contribution in [2.24, 2.45) is 11.7 Å². The van der Waals surface area contributed by atoms with Crippen LogP contribution in [0.1, 0.15) is 36.0 Å². The standard InChI is InChI=1S/C17H24FN3O3S/c18-16-11-14(3-4-15(16)17(22)20-7-1-2-8-20)25(23,24)21-9-5-13(12-19)6-10-21/h3-4,11,13H,1-2,5-10,12,19H2. The molecule has 0 spiro atoms. The average molecular weight is 369 g/mol. The molecule has 0 unspecified atom stereocenters. The molecule has 0 radical (unpaired) electrons. The predicted octanol–water partition coefficient (Wildman–Crippen LogP) is 1.42. The molecule has 0 atom stereocenters. The highest BCUT2D eigenvalue weighted by Crippen LogP contribution is 2.25. The molecule has 2 N–H and O–H groups in total. The van der Waals surface area contributed by atoms with Crippen molar-refractivity contribution >= 4 is 15.9 Å². The number of sulfonamides is 1. The number of nitrogens with two attached hydrogens (primary N) is 1. The number of hydrogen-bond donors (Lipinski definition) is 1. The molecule has 0 aromatic heterocycles. The molecule has 3 rings (SSSR count). The highest BCUT2D eigenvalue weighted by molar-refractivity contribution is 7.89. The van der Waals surface area contributed by atoms with Crippen molar-refractivity contribution in [3.05, 3.63) is 29.6 Å². The molecule has 2 fully saturated rings. The zero-order chi connectivity index (χ0) is 18.0. The maximum absolute atomic E-state index is 14.4. The highest BCUT2D eigenvalue weighted by Gasteiger charge is 2.30. The van der Waals surface area contributed by atoms with Gasteiger partial charge in [0.2, 0.25) is 10.0 Å². The molecular formula is C17H24FN3O3S. The molecular weight excluding hydrogens is 345 g/mol. The van der Waals surface area contributed by atoms with Gasteiger partial charge in [-0.15, -0.1) is 0 Å². The Labute approximate surface area is 147 Å². The van der Waals surface area contributed by atoms with E-state index in [2.05, 4.69) is 0 Å². The van der Waals surface area contributed by atoms with E-state index in [4.69, 9.17) is 5.73 Å². The van der Waals surface area contributed by atoms with Gasteiger partial charge in [-0.2, -0.15) is 4.31 Å². The molecule has 6 nitrogen and oxygen atoms in total. The largest absolute Gasteiger partial charge is 0.339 e. The minimum atomic E-state index is -3.75. The fourth-order valence-corrected chi connectivity index (χ4v) is 4.94. The van der Waals surface area contributed by atoms with Gasteiger partial charge in [-0.3, -0.25) is 4.79 Å². The molecule has 2 heterocycles. The van der Waals surface area contributed by atoms with Gasteiger partial charge in [0.25, 0.3) is 5.91 Å². The van der Waals surface area contributed by atoms with Gasteiger partial charge >= 0.3 is 0 Å². The lowest BCUT2D eigenvalue weighted by molar-refractivity contribution is 0.0788. The van der Waals surface area contributed by atoms with Crippen LogP contribution in [0, 0.1) is 11.7 Å². The Morgan fingerprint density at radius 2 is 1.80 bits per heavy atom. The van der Waals surface area contributed by atoms with Crippen molar-refractivity contribution in [2.75, 3.05) is 32.7 Å². The first-order chi connectivity index (χ1) is 11.9. The quantitative estimate of drug-likeness (QED) is 0.870. The van der Waals surface area contributed by atoms with Crippen LogP contribution in [0.5, 0.6) is 0 Å². The van der Waals surface area contributed by atoms with Crippen molar-refractivity contribution in [3.63, 3.8) is 0 Å². The zero-order valence-electron chi connectivity index (χ0n) is 14.2. The Kier molecular flexibility index (Phi) is 5.41. The number of likely N-dealkylation sites (tertiary alicyclic amines) is 1. The molecule has 1 aromatic rings. The molecule has 8 heteroatoms. The van der Waals surface area contributed by atoms with Crippen LogP contribution in [0.4, 0.5) is 4.39 Å². The van der Waals surface area contributed by atoms with E-state index in [-0.39, 0.29) is 16.4 Å². The monoisotopic (exact) mass is 369 g/mol. The Morgan fingerprint density at radius 1 is 1.16 bits per heavy atom. The number of rotatable bonds is 4. The Bertz CT molecular complexity index is 740. The van der Waals surface area contributed by atoms with Gasteiger partial charge in [0.15, 0.2) is 0 Å². The van der Waals surface area contributed by atoms with E-state index in [9.17, 15) is 17.6 Å². The minimum Gasteiger partial charge on any atom is -0.339 e. The number of carbonyl (C=O) groups is 1. The number of carbonyl (C=O) groups excluding carboxylic acids is 1. The molecule has 0 saturated carbocycles. The van der Waals surface area contributed by atoms with E-state index >= 15 is 0 Å². The van der Waals surface area contributed by atoms with Gasteiger partial charge in [-0.05, 0) is 56.3 Å². The first kappa shape index (κ1) is 18.3. The molecule has 0 bridgehead atoms. The molecule has 2 aliphatic rings. The molecule has 138 valence electrons. The van der Waals surface area contributed by atoms with E-state index in [0.29, 0.717) is 51.5 Å². The topological polar surface area (TPSA) is 83.7 Å². The third-order valence-corrected chi connectivity index (χ3v) is 7.00. The van der Waals surface area contributed by atoms with Crippen molar-refractivity contribution in [1.29, 1.82) is 0 Å². The summed E-state index contributed by atoms with van der Waals surface area (Å²) in [6.07, 6.45) is 3.25. The summed E-state index contributed by atoms with van der Waals surface area (Å²) in [5.74, 6) is -0.818. The minimum absolute atomic E-state index is 0.0670. The Morgan fingerprint density at radius 3 is 2.36 bits per heavy atom. The first-order valence-electron chi connectivity index (χ1n) is 8.72. The average Bonchev–Trinajstić information content (AvgIpc) is 3.15. The fraction of sp³-hybridized carbons (Fsp3) is 0.588. The van der Waals surface area contributed by atoms with E-state index in [1.807, 2.05) is 0 Å². The number of halogens is 1. The van der Waals surface area contributed by atoms with Crippen molar-refractivity contribution in [1.82, 2.24) is 9.21 Å². The van der Waals surface area contributed by atoms with E-state index in [0.717, 1.165) is 18.9 Å². The zero-order valence-corrected chi connectivity index (χ0v) is 15.0. The number of hydrogen-bond acceptors (Lipinski definition) is 4. The molecule has 0 aliphatic carbocycles. The summed E-state index contributed by atoms with van der Waals surface area (Å²) < 4.78 is 41.2. The van der Waals surface area contributed by atoms with Gasteiger partial charge in [0, 0.05) is 26.2 Å². The van der Waals surface area contributed by atoms with Crippen LogP contribution in [0.15, 0.2) is 23.1 Å². The van der Waals surface area contributed by atoms with Crippen LogP contribution in [0.2, 0.25) is 0 Å². The Hall–Kier alpha value is -1.51. The predicted molar refractivity (Wildman–Crippen MR) is 92.1 cm³/mol. The van der Waals surface area contributed by atoms with Crippen molar-refractivity contribution < 1.29 is 17.6 Å². The SMILES string of the molecule is NCC1CCN(S(=O)(=O)c2ccc(C(=O)N3CCCC3)c(F)c2)CC1. The third kappa shape index (κ3) is 3.70. The smallest absolute Gasteiger partial charge is 0.256 e. The van der Waals surface area contributed by atoms with Crippen LogP contribution in [0.25, 0.3) is 0 Å². The van der Waals surface area contributed by atoms with Gasteiger partial charge < -0.3 is 10.6 Å². The Balaban J connectivity index is 1.78. The normalized spacial score (nSPS) is 20.2. The lowest BCUT2D eigenvalue weighted by Crippen LogP contribution is -2.40. The van der Waals surface area contributed by atoms with Gasteiger partial charge in [-0.25, -0.2) is 12.8 Å². The number of piperidine rings is 1. The van der Waals surface area contributed by atoms with E-state index in [1.54, 1.807) is 4.90 Å². The number of benzene rings is 1. The van der Waals surface area contributed by atoms with Crippen LogP contribution in [0.3, 0.4) is 0 Å².